The molecule has 69 heavy (non-hydrogen) atoms. The highest BCUT2D eigenvalue weighted by Gasteiger charge is 2.53. The summed E-state index contributed by atoms with van der Waals surface area (Å²) in [5.74, 6) is 0. The van der Waals surface area contributed by atoms with E-state index in [9.17, 15) is 0 Å². The van der Waals surface area contributed by atoms with Crippen molar-refractivity contribution in [1.82, 2.24) is 4.57 Å². The van der Waals surface area contributed by atoms with Crippen LogP contribution in [0, 0.1) is 0 Å². The summed E-state index contributed by atoms with van der Waals surface area (Å²) in [6.07, 6.45) is 0. The van der Waals surface area contributed by atoms with Gasteiger partial charge >= 0.3 is 0 Å². The smallest absolute Gasteiger partial charge is 0.0746 e. The molecule has 0 saturated heterocycles. The lowest BCUT2D eigenvalue weighted by Gasteiger charge is -2.36. The average Bonchev–Trinajstić information content (AvgIpc) is 4.04. The second-order valence-corrected chi connectivity index (χ2v) is 18.7. The fraction of sp³-hybridized carbons (Fsp3) is 0.0149. The molecule has 320 valence electrons. The van der Waals surface area contributed by atoms with Gasteiger partial charge in [0.05, 0.1) is 22.1 Å². The second-order valence-electron chi connectivity index (χ2n) is 18.7. The number of aromatic nitrogens is 1. The van der Waals surface area contributed by atoms with Crippen LogP contribution in [0.15, 0.2) is 255 Å². The van der Waals surface area contributed by atoms with Gasteiger partial charge in [0.15, 0.2) is 0 Å². The summed E-state index contributed by atoms with van der Waals surface area (Å²) >= 11 is 0. The van der Waals surface area contributed by atoms with Crippen molar-refractivity contribution in [1.29, 1.82) is 0 Å². The van der Waals surface area contributed by atoms with Crippen molar-refractivity contribution in [2.45, 2.75) is 5.41 Å². The van der Waals surface area contributed by atoms with Crippen LogP contribution in [0.2, 0.25) is 0 Å². The molecule has 0 saturated carbocycles. The number of anilines is 3. The molecule has 15 rings (SSSR count). The minimum atomic E-state index is -0.531. The van der Waals surface area contributed by atoms with E-state index in [-0.39, 0.29) is 0 Å². The van der Waals surface area contributed by atoms with Crippen molar-refractivity contribution in [3.05, 3.63) is 277 Å². The highest BCUT2D eigenvalue weighted by molar-refractivity contribution is 6.26. The molecule has 0 unspecified atom stereocenters. The maximum atomic E-state index is 2.55. The fourth-order valence-corrected chi connectivity index (χ4v) is 12.7. The van der Waals surface area contributed by atoms with E-state index in [4.69, 9.17) is 0 Å². The van der Waals surface area contributed by atoms with Gasteiger partial charge in [0.25, 0.3) is 0 Å². The Bertz CT molecular complexity index is 4150. The normalized spacial score (nSPS) is 13.0. The van der Waals surface area contributed by atoms with E-state index in [0.29, 0.717) is 0 Å². The number of para-hydroxylation sites is 2. The molecule has 2 nitrogen and oxygen atoms in total. The molecule has 0 bridgehead atoms. The zero-order chi connectivity index (χ0) is 45.2. The molecule has 2 heteroatoms. The van der Waals surface area contributed by atoms with Crippen molar-refractivity contribution in [3.8, 4) is 39.1 Å². The zero-order valence-electron chi connectivity index (χ0n) is 37.6. The first-order valence-corrected chi connectivity index (χ1v) is 24.0. The van der Waals surface area contributed by atoms with Crippen molar-refractivity contribution in [3.63, 3.8) is 0 Å². The molecule has 0 radical (unpaired) electrons. The number of rotatable bonds is 5. The molecule has 1 spiro atoms. The lowest BCUT2D eigenvalue weighted by Crippen LogP contribution is -2.28. The third-order valence-corrected chi connectivity index (χ3v) is 15.4. The maximum absolute atomic E-state index is 2.55. The van der Waals surface area contributed by atoms with Crippen LogP contribution in [0.3, 0.4) is 0 Å². The minimum Gasteiger partial charge on any atom is -0.310 e. The first kappa shape index (κ1) is 38.2. The van der Waals surface area contributed by atoms with Crippen LogP contribution >= 0.6 is 0 Å². The van der Waals surface area contributed by atoms with E-state index in [2.05, 4.69) is 264 Å². The van der Waals surface area contributed by atoms with Gasteiger partial charge in [0, 0.05) is 33.4 Å². The molecular formula is C67H42N2. The summed E-state index contributed by atoms with van der Waals surface area (Å²) in [5, 5.41) is 10.1. The van der Waals surface area contributed by atoms with Crippen LogP contribution in [-0.4, -0.2) is 4.57 Å². The average molecular weight is 875 g/mol. The number of fused-ring (bicyclic) bond motifs is 19. The Morgan fingerprint density at radius 1 is 0.304 bits per heavy atom. The molecule has 1 heterocycles. The second kappa shape index (κ2) is 14.5. The predicted octanol–water partition coefficient (Wildman–Crippen LogP) is 17.7. The quantitative estimate of drug-likeness (QED) is 0.156. The monoisotopic (exact) mass is 874 g/mol. The third-order valence-electron chi connectivity index (χ3n) is 15.4. The molecule has 2 aliphatic rings. The third kappa shape index (κ3) is 5.20. The summed E-state index contributed by atoms with van der Waals surface area (Å²) < 4.78 is 2.40. The Morgan fingerprint density at radius 2 is 0.768 bits per heavy atom. The highest BCUT2D eigenvalue weighted by atomic mass is 15.1. The van der Waals surface area contributed by atoms with E-state index in [0.717, 1.165) is 17.1 Å². The maximum Gasteiger partial charge on any atom is 0.0746 e. The lowest BCUT2D eigenvalue weighted by molar-refractivity contribution is 0.793. The van der Waals surface area contributed by atoms with Gasteiger partial charge in [0.2, 0.25) is 0 Å². The molecule has 0 atom stereocenters. The zero-order valence-corrected chi connectivity index (χ0v) is 37.6. The van der Waals surface area contributed by atoms with E-state index < -0.39 is 5.41 Å². The van der Waals surface area contributed by atoms with Crippen molar-refractivity contribution in [2.24, 2.45) is 0 Å². The molecule has 2 aliphatic carbocycles. The van der Waals surface area contributed by atoms with Crippen LogP contribution in [0.25, 0.3) is 93.2 Å². The van der Waals surface area contributed by atoms with Gasteiger partial charge in [-0.1, -0.05) is 200 Å². The number of hydrogen-bond acceptors (Lipinski definition) is 1. The fourth-order valence-electron chi connectivity index (χ4n) is 12.7. The Balaban J connectivity index is 1.00. The van der Waals surface area contributed by atoms with Gasteiger partial charge in [-0.25, -0.2) is 0 Å². The largest absolute Gasteiger partial charge is 0.310 e. The van der Waals surface area contributed by atoms with Crippen molar-refractivity contribution < 1.29 is 0 Å². The van der Waals surface area contributed by atoms with Crippen LogP contribution < -0.4 is 4.90 Å². The SMILES string of the molecule is c1ccc(-n2c3ccccc3c3c(-c4ccc(N(c5ccc6c7ccccc7c7ccccc7c6c5)c5cccc6c5C5(c7ccccc7-c7ccccc75)c5ccccc5-6)cc4)cccc32)cc1. The topological polar surface area (TPSA) is 8.17 Å². The molecular weight excluding hydrogens is 833 g/mol. The predicted molar refractivity (Wildman–Crippen MR) is 290 cm³/mol. The van der Waals surface area contributed by atoms with E-state index in [1.54, 1.807) is 0 Å². The summed E-state index contributed by atoms with van der Waals surface area (Å²) in [5.41, 5.74) is 19.3. The number of benzene rings is 12. The molecule has 12 aromatic carbocycles. The molecule has 0 amide bonds. The van der Waals surface area contributed by atoms with E-state index in [1.807, 2.05) is 0 Å². The standard InChI is InChI=1S/C67H42N2/c1-2-18-44(19-3-1)69-62-33-15-11-27-57(62)65-47(28-16-34-63(65)69)43-36-38-45(39-37-43)68(46-40-41-52-50-22-5-4-20-48(50)49-21-6-7-23-51(49)58(52)42-46)64-35-17-29-56-55-26-10-14-32-61(55)67(66(56)64)59-30-12-8-24-53(59)54-25-9-13-31-60(54)67/h1-42H. The van der Waals surface area contributed by atoms with Gasteiger partial charge in [0.1, 0.15) is 0 Å². The number of hydrogen-bond donors (Lipinski definition) is 0. The molecule has 0 fully saturated rings. The van der Waals surface area contributed by atoms with Gasteiger partial charge < -0.3 is 9.47 Å². The molecule has 0 N–H and O–H groups in total. The summed E-state index contributed by atoms with van der Waals surface area (Å²) in [6, 6.07) is 95.0. The Labute approximate surface area is 400 Å². The van der Waals surface area contributed by atoms with Crippen LogP contribution in [0.1, 0.15) is 22.3 Å². The molecule has 13 aromatic rings. The van der Waals surface area contributed by atoms with Crippen LogP contribution in [-0.2, 0) is 5.41 Å². The van der Waals surface area contributed by atoms with E-state index >= 15 is 0 Å². The summed E-state index contributed by atoms with van der Waals surface area (Å²) in [6.45, 7) is 0. The minimum absolute atomic E-state index is 0.531. The number of nitrogens with zero attached hydrogens (tertiary/aromatic N) is 2. The summed E-state index contributed by atoms with van der Waals surface area (Å²) in [4.78, 5) is 2.55. The van der Waals surface area contributed by atoms with E-state index in [1.165, 1.54) is 115 Å². The lowest BCUT2D eigenvalue weighted by atomic mass is 9.70. The first-order valence-electron chi connectivity index (χ1n) is 24.0. The summed E-state index contributed by atoms with van der Waals surface area (Å²) in [7, 11) is 0. The highest BCUT2D eigenvalue weighted by Crippen LogP contribution is 2.65. The molecule has 1 aromatic heterocycles. The van der Waals surface area contributed by atoms with Gasteiger partial charge in [-0.05, 0) is 137 Å². The Kier molecular flexibility index (Phi) is 8.02. The Hall–Kier alpha value is -8.98. The van der Waals surface area contributed by atoms with Crippen LogP contribution in [0.4, 0.5) is 17.1 Å². The first-order chi connectivity index (χ1) is 34.3. The Morgan fingerprint density at radius 3 is 1.42 bits per heavy atom. The van der Waals surface area contributed by atoms with Gasteiger partial charge in [-0.3, -0.25) is 0 Å². The molecule has 0 aliphatic heterocycles. The van der Waals surface area contributed by atoms with Crippen molar-refractivity contribution >= 4 is 71.2 Å². The van der Waals surface area contributed by atoms with Crippen LogP contribution in [0.5, 0.6) is 0 Å². The van der Waals surface area contributed by atoms with Gasteiger partial charge in [-0.15, -0.1) is 0 Å². The van der Waals surface area contributed by atoms with Crippen molar-refractivity contribution in [2.75, 3.05) is 4.90 Å². The van der Waals surface area contributed by atoms with Gasteiger partial charge in [-0.2, -0.15) is 0 Å².